The predicted octanol–water partition coefficient (Wildman–Crippen LogP) is 4.73. The lowest BCUT2D eigenvalue weighted by Gasteiger charge is -2.30. The Labute approximate surface area is 185 Å². The SMILES string of the molecule is CN1CC=C(Cl)C(C2CCC(Oc3cccc(Cl)c3)CC2)=c2[nH]c3c(c21)CN=NC=3. The Hall–Kier alpha value is -2.24. The van der Waals surface area contributed by atoms with E-state index in [-0.39, 0.29) is 6.10 Å². The first-order valence-electron chi connectivity index (χ1n) is 10.4. The van der Waals surface area contributed by atoms with Crippen molar-refractivity contribution in [2.24, 2.45) is 16.1 Å². The number of nitrogens with zero attached hydrogens (tertiary/aromatic N) is 3. The Morgan fingerprint density at radius 1 is 1.17 bits per heavy atom. The van der Waals surface area contributed by atoms with Crippen LogP contribution >= 0.6 is 23.2 Å². The van der Waals surface area contributed by atoms with E-state index in [0.717, 1.165) is 53.7 Å². The van der Waals surface area contributed by atoms with Crippen molar-refractivity contribution in [3.63, 3.8) is 0 Å². The summed E-state index contributed by atoms with van der Waals surface area (Å²) >= 11 is 12.9. The molecule has 0 spiro atoms. The fourth-order valence-electron chi connectivity index (χ4n) is 4.78. The molecule has 0 radical (unpaired) electrons. The Morgan fingerprint density at radius 3 is 2.80 bits per heavy atom. The fraction of sp³-hybridized carbons (Fsp3) is 0.391. The van der Waals surface area contributed by atoms with E-state index in [4.69, 9.17) is 27.9 Å². The third kappa shape index (κ3) is 3.65. The second-order valence-electron chi connectivity index (χ2n) is 8.18. The summed E-state index contributed by atoms with van der Waals surface area (Å²) in [7, 11) is 2.11. The molecule has 156 valence electrons. The number of halogens is 2. The average Bonchev–Trinajstić information content (AvgIpc) is 3.07. The van der Waals surface area contributed by atoms with Crippen LogP contribution in [0.1, 0.15) is 31.2 Å². The maximum atomic E-state index is 6.84. The molecule has 0 amide bonds. The van der Waals surface area contributed by atoms with Gasteiger partial charge in [-0.2, -0.15) is 10.2 Å². The van der Waals surface area contributed by atoms with Gasteiger partial charge in [0, 0.05) is 29.2 Å². The van der Waals surface area contributed by atoms with Gasteiger partial charge in [-0.1, -0.05) is 29.3 Å². The van der Waals surface area contributed by atoms with Crippen LogP contribution in [0.5, 0.6) is 5.75 Å². The van der Waals surface area contributed by atoms with Gasteiger partial charge >= 0.3 is 0 Å². The van der Waals surface area contributed by atoms with E-state index in [2.05, 4.69) is 33.2 Å². The number of azo groups is 1. The highest BCUT2D eigenvalue weighted by molar-refractivity contribution is 6.36. The minimum Gasteiger partial charge on any atom is -0.490 e. The van der Waals surface area contributed by atoms with E-state index in [1.165, 1.54) is 16.8 Å². The second-order valence-corrected chi connectivity index (χ2v) is 9.02. The Kier molecular flexibility index (Phi) is 5.34. The van der Waals surface area contributed by atoms with Crippen LogP contribution in [0, 0.1) is 5.92 Å². The van der Waals surface area contributed by atoms with Gasteiger partial charge in [0.15, 0.2) is 0 Å². The maximum Gasteiger partial charge on any atom is 0.121 e. The number of rotatable bonds is 3. The van der Waals surface area contributed by atoms with Gasteiger partial charge in [-0.3, -0.25) is 0 Å². The third-order valence-corrected chi connectivity index (χ3v) is 6.83. The van der Waals surface area contributed by atoms with Crippen molar-refractivity contribution in [3.05, 3.63) is 56.7 Å². The Bertz CT molecular complexity index is 1140. The van der Waals surface area contributed by atoms with E-state index in [9.17, 15) is 0 Å². The lowest BCUT2D eigenvalue weighted by Crippen LogP contribution is -2.28. The molecule has 1 aromatic heterocycles. The molecule has 1 fully saturated rings. The summed E-state index contributed by atoms with van der Waals surface area (Å²) in [4.78, 5) is 5.85. The molecule has 3 heterocycles. The summed E-state index contributed by atoms with van der Waals surface area (Å²) in [5.41, 5.74) is 3.64. The van der Waals surface area contributed by atoms with Crippen LogP contribution in [0.25, 0.3) is 11.8 Å². The second kappa shape index (κ2) is 8.12. The third-order valence-electron chi connectivity index (χ3n) is 6.24. The number of hydrogen-bond donors (Lipinski definition) is 1. The summed E-state index contributed by atoms with van der Waals surface area (Å²) in [6.07, 6.45) is 8.21. The number of ether oxygens (including phenoxy) is 1. The Balaban J connectivity index is 1.44. The molecule has 1 N–H and O–H groups in total. The van der Waals surface area contributed by atoms with Crippen LogP contribution < -0.4 is 20.3 Å². The molecule has 5 rings (SSSR count). The number of hydrogen-bond acceptors (Lipinski definition) is 4. The van der Waals surface area contributed by atoms with Crippen LogP contribution in [-0.4, -0.2) is 24.7 Å². The number of fused-ring (bicyclic) bond motifs is 3. The van der Waals surface area contributed by atoms with Crippen molar-refractivity contribution in [1.82, 2.24) is 4.98 Å². The van der Waals surface area contributed by atoms with Gasteiger partial charge in [-0.25, -0.2) is 0 Å². The first-order valence-corrected chi connectivity index (χ1v) is 11.2. The first kappa shape index (κ1) is 19.7. The number of aromatic amines is 1. The van der Waals surface area contributed by atoms with Crippen molar-refractivity contribution in [1.29, 1.82) is 0 Å². The summed E-state index contributed by atoms with van der Waals surface area (Å²) in [6.45, 7) is 1.39. The zero-order valence-corrected chi connectivity index (χ0v) is 18.4. The molecule has 2 aromatic rings. The maximum absolute atomic E-state index is 6.84. The molecular formula is C23H24Cl2N4O. The summed E-state index contributed by atoms with van der Waals surface area (Å²) in [5, 5.41) is 12.0. The molecule has 1 aromatic carbocycles. The number of likely N-dealkylation sites (N-methyl/N-ethyl adjacent to an activating group) is 1. The van der Waals surface area contributed by atoms with E-state index in [1.807, 2.05) is 30.5 Å². The van der Waals surface area contributed by atoms with Gasteiger partial charge in [-0.05, 0) is 61.4 Å². The van der Waals surface area contributed by atoms with Gasteiger partial charge in [0.05, 0.1) is 35.2 Å². The highest BCUT2D eigenvalue weighted by atomic mass is 35.5. The van der Waals surface area contributed by atoms with Gasteiger partial charge in [0.1, 0.15) is 5.75 Å². The molecule has 0 bridgehead atoms. The van der Waals surface area contributed by atoms with Crippen molar-refractivity contribution in [2.45, 2.75) is 38.3 Å². The summed E-state index contributed by atoms with van der Waals surface area (Å²) in [5.74, 6) is 1.24. The number of benzene rings is 1. The van der Waals surface area contributed by atoms with Crippen LogP contribution in [0.2, 0.25) is 5.02 Å². The van der Waals surface area contributed by atoms with Crippen LogP contribution in [0.15, 0.2) is 45.6 Å². The standard InChI is InChI=1S/C23H24Cl2N4O/c1-29-10-9-19(25)21(22-23(29)18-12-26-27-13-20(18)28-22)14-5-7-16(8-6-14)30-17-4-2-3-15(24)11-17/h2-4,9,11,13-14,16,28H,5-8,10,12H2,1H3. The number of nitrogens with one attached hydrogen (secondary N) is 1. The van der Waals surface area contributed by atoms with Crippen LogP contribution in [0.3, 0.4) is 0 Å². The molecule has 30 heavy (non-hydrogen) atoms. The molecule has 1 aliphatic carbocycles. The molecule has 0 saturated heterocycles. The molecule has 5 nitrogen and oxygen atoms in total. The molecule has 3 aliphatic rings. The van der Waals surface area contributed by atoms with E-state index < -0.39 is 0 Å². The minimum atomic E-state index is 0.207. The lowest BCUT2D eigenvalue weighted by atomic mass is 9.81. The van der Waals surface area contributed by atoms with Gasteiger partial charge in [-0.15, -0.1) is 0 Å². The summed E-state index contributed by atoms with van der Waals surface area (Å²) in [6, 6.07) is 7.64. The van der Waals surface area contributed by atoms with Crippen molar-refractivity contribution in [2.75, 3.05) is 18.5 Å². The first-order chi connectivity index (χ1) is 14.6. The monoisotopic (exact) mass is 442 g/mol. The highest BCUT2D eigenvalue weighted by Gasteiger charge is 2.30. The quantitative estimate of drug-likeness (QED) is 0.746. The molecule has 0 atom stereocenters. The number of allylic oxidation sites excluding steroid dienone is 1. The highest BCUT2D eigenvalue weighted by Crippen LogP contribution is 2.38. The average molecular weight is 443 g/mol. The summed E-state index contributed by atoms with van der Waals surface area (Å²) < 4.78 is 6.19. The van der Waals surface area contributed by atoms with E-state index >= 15 is 0 Å². The largest absolute Gasteiger partial charge is 0.490 e. The van der Waals surface area contributed by atoms with E-state index in [1.54, 1.807) is 0 Å². The van der Waals surface area contributed by atoms with Gasteiger partial charge in [0.2, 0.25) is 0 Å². The van der Waals surface area contributed by atoms with Crippen molar-refractivity contribution >= 4 is 40.7 Å². The van der Waals surface area contributed by atoms with E-state index in [0.29, 0.717) is 17.5 Å². The molecule has 2 aliphatic heterocycles. The topological polar surface area (TPSA) is 53.0 Å². The normalized spacial score (nSPS) is 23.2. The zero-order valence-electron chi connectivity index (χ0n) is 16.9. The molecule has 0 unspecified atom stereocenters. The van der Waals surface area contributed by atoms with Crippen LogP contribution in [0.4, 0.5) is 5.69 Å². The predicted molar refractivity (Wildman–Crippen MR) is 122 cm³/mol. The lowest BCUT2D eigenvalue weighted by molar-refractivity contribution is 0.143. The number of aromatic nitrogens is 1. The fourth-order valence-corrected chi connectivity index (χ4v) is 5.28. The molecule has 1 saturated carbocycles. The van der Waals surface area contributed by atoms with Gasteiger partial charge in [0.25, 0.3) is 0 Å². The Morgan fingerprint density at radius 2 is 2.00 bits per heavy atom. The van der Waals surface area contributed by atoms with Gasteiger partial charge < -0.3 is 14.6 Å². The number of anilines is 1. The number of H-pyrrole nitrogens is 1. The van der Waals surface area contributed by atoms with Crippen molar-refractivity contribution < 1.29 is 4.74 Å². The minimum absolute atomic E-state index is 0.207. The van der Waals surface area contributed by atoms with Crippen molar-refractivity contribution in [3.8, 4) is 5.75 Å². The molecular weight excluding hydrogens is 419 g/mol. The smallest absolute Gasteiger partial charge is 0.121 e. The zero-order chi connectivity index (χ0) is 20.7. The molecule has 7 heteroatoms. The van der Waals surface area contributed by atoms with Crippen LogP contribution in [-0.2, 0) is 6.54 Å².